The van der Waals surface area contributed by atoms with E-state index in [9.17, 15) is 9.90 Å². The molecule has 4 nitrogen and oxygen atoms in total. The van der Waals surface area contributed by atoms with E-state index >= 15 is 0 Å². The molecule has 1 aromatic rings. The lowest BCUT2D eigenvalue weighted by Crippen LogP contribution is -2.21. The lowest BCUT2D eigenvalue weighted by Gasteiger charge is -2.24. The maximum absolute atomic E-state index is 11.3. The quantitative estimate of drug-likeness (QED) is 0.906. The monoisotopic (exact) mass is 262 g/mol. The number of benzene rings is 1. The van der Waals surface area contributed by atoms with Crippen LogP contribution in [0.2, 0.25) is 0 Å². The summed E-state index contributed by atoms with van der Waals surface area (Å²) >= 11 is 0. The normalized spacial score (nSPS) is 20.7. The summed E-state index contributed by atoms with van der Waals surface area (Å²) in [6, 6.07) is 5.83. The van der Waals surface area contributed by atoms with Crippen molar-refractivity contribution in [2.45, 2.75) is 25.7 Å². The van der Waals surface area contributed by atoms with Crippen LogP contribution in [0.4, 0.5) is 0 Å². The zero-order chi connectivity index (χ0) is 13.4. The Hall–Kier alpha value is -1.71. The molecule has 102 valence electrons. The molecule has 1 N–H and O–H groups in total. The van der Waals surface area contributed by atoms with E-state index in [0.29, 0.717) is 19.1 Å². The molecule has 1 aliphatic heterocycles. The first-order valence-electron chi connectivity index (χ1n) is 6.79. The second-order valence-electron chi connectivity index (χ2n) is 5.39. The Morgan fingerprint density at radius 1 is 1.26 bits per heavy atom. The molecule has 2 unspecified atom stereocenters. The number of hydrogen-bond acceptors (Lipinski definition) is 3. The Bertz CT molecular complexity index is 493. The van der Waals surface area contributed by atoms with Gasteiger partial charge >= 0.3 is 5.97 Å². The SMILES string of the molecule is CC(C(=O)O)C(c1ccc2c(c1)OCCO2)C1CC1. The summed E-state index contributed by atoms with van der Waals surface area (Å²) in [5.41, 5.74) is 1.06. The highest BCUT2D eigenvalue weighted by atomic mass is 16.6. The van der Waals surface area contributed by atoms with Crippen molar-refractivity contribution in [3.05, 3.63) is 23.8 Å². The maximum atomic E-state index is 11.3. The Balaban J connectivity index is 1.92. The summed E-state index contributed by atoms with van der Waals surface area (Å²) < 4.78 is 11.1. The summed E-state index contributed by atoms with van der Waals surface area (Å²) in [6.07, 6.45) is 2.24. The molecule has 2 aliphatic rings. The number of hydrogen-bond donors (Lipinski definition) is 1. The van der Waals surface area contributed by atoms with Crippen molar-refractivity contribution in [1.82, 2.24) is 0 Å². The highest BCUT2D eigenvalue weighted by Crippen LogP contribution is 2.48. The second kappa shape index (κ2) is 4.76. The van der Waals surface area contributed by atoms with E-state index < -0.39 is 5.97 Å². The van der Waals surface area contributed by atoms with Crippen LogP contribution in [0.25, 0.3) is 0 Å². The molecule has 0 saturated heterocycles. The van der Waals surface area contributed by atoms with Gasteiger partial charge in [0.15, 0.2) is 11.5 Å². The molecule has 0 spiro atoms. The minimum Gasteiger partial charge on any atom is -0.486 e. The first-order valence-corrected chi connectivity index (χ1v) is 6.79. The van der Waals surface area contributed by atoms with Crippen LogP contribution in [0.5, 0.6) is 11.5 Å². The predicted molar refractivity (Wildman–Crippen MR) is 69.7 cm³/mol. The van der Waals surface area contributed by atoms with Gasteiger partial charge in [0, 0.05) is 0 Å². The van der Waals surface area contributed by atoms with Crippen LogP contribution in [-0.4, -0.2) is 24.3 Å². The van der Waals surface area contributed by atoms with Gasteiger partial charge in [-0.15, -0.1) is 0 Å². The number of carbonyl (C=O) groups is 1. The molecule has 0 aromatic heterocycles. The van der Waals surface area contributed by atoms with Crippen molar-refractivity contribution in [3.63, 3.8) is 0 Å². The Kier molecular flexibility index (Phi) is 3.09. The summed E-state index contributed by atoms with van der Waals surface area (Å²) in [5.74, 6) is 0.975. The summed E-state index contributed by atoms with van der Waals surface area (Å²) in [4.78, 5) is 11.3. The van der Waals surface area contributed by atoms with E-state index in [-0.39, 0.29) is 11.8 Å². The number of aliphatic carboxylic acids is 1. The van der Waals surface area contributed by atoms with E-state index in [1.54, 1.807) is 6.92 Å². The number of ether oxygens (including phenoxy) is 2. The minimum atomic E-state index is -0.730. The molecule has 0 bridgehead atoms. The first kappa shape index (κ1) is 12.3. The zero-order valence-electron chi connectivity index (χ0n) is 11.0. The lowest BCUT2D eigenvalue weighted by atomic mass is 9.83. The fourth-order valence-electron chi connectivity index (χ4n) is 2.85. The molecule has 0 radical (unpaired) electrons. The van der Waals surface area contributed by atoms with Gasteiger partial charge in [0.25, 0.3) is 0 Å². The van der Waals surface area contributed by atoms with E-state index in [0.717, 1.165) is 29.9 Å². The van der Waals surface area contributed by atoms with E-state index in [4.69, 9.17) is 9.47 Å². The van der Waals surface area contributed by atoms with Gasteiger partial charge in [-0.25, -0.2) is 0 Å². The predicted octanol–water partition coefficient (Wildman–Crippen LogP) is 2.67. The number of carboxylic acid groups (broad SMARTS) is 1. The lowest BCUT2D eigenvalue weighted by molar-refractivity contribution is -0.142. The van der Waals surface area contributed by atoms with E-state index in [1.807, 2.05) is 18.2 Å². The number of carboxylic acids is 1. The smallest absolute Gasteiger partial charge is 0.306 e. The van der Waals surface area contributed by atoms with Gasteiger partial charge in [-0.05, 0) is 42.4 Å². The standard InChI is InChI=1S/C15H18O4/c1-9(15(16)17)14(10-2-3-10)11-4-5-12-13(8-11)19-7-6-18-12/h4-5,8-10,14H,2-3,6-7H2,1H3,(H,16,17). The van der Waals surface area contributed by atoms with Crippen molar-refractivity contribution < 1.29 is 19.4 Å². The highest BCUT2D eigenvalue weighted by Gasteiger charge is 2.39. The van der Waals surface area contributed by atoms with Crippen molar-refractivity contribution >= 4 is 5.97 Å². The Labute approximate surface area is 112 Å². The molecule has 1 saturated carbocycles. The van der Waals surface area contributed by atoms with E-state index in [2.05, 4.69) is 0 Å². The van der Waals surface area contributed by atoms with Gasteiger partial charge < -0.3 is 14.6 Å². The van der Waals surface area contributed by atoms with Crippen molar-refractivity contribution in [3.8, 4) is 11.5 Å². The summed E-state index contributed by atoms with van der Waals surface area (Å²) in [6.45, 7) is 2.92. The molecule has 19 heavy (non-hydrogen) atoms. The van der Waals surface area contributed by atoms with Crippen molar-refractivity contribution in [1.29, 1.82) is 0 Å². The first-order chi connectivity index (χ1) is 9.16. The number of fused-ring (bicyclic) bond motifs is 1. The van der Waals surface area contributed by atoms with Gasteiger partial charge in [-0.2, -0.15) is 0 Å². The molecule has 1 aromatic carbocycles. The van der Waals surface area contributed by atoms with Crippen LogP contribution < -0.4 is 9.47 Å². The average molecular weight is 262 g/mol. The molecule has 2 atom stereocenters. The minimum absolute atomic E-state index is 0.0772. The third-order valence-electron chi connectivity index (χ3n) is 4.01. The van der Waals surface area contributed by atoms with Gasteiger partial charge in [-0.1, -0.05) is 13.0 Å². The zero-order valence-corrected chi connectivity index (χ0v) is 11.0. The molecular formula is C15H18O4. The van der Waals surface area contributed by atoms with Gasteiger partial charge in [0.05, 0.1) is 5.92 Å². The average Bonchev–Trinajstić information content (AvgIpc) is 3.23. The third kappa shape index (κ3) is 2.39. The fraction of sp³-hybridized carbons (Fsp3) is 0.533. The fourth-order valence-corrected chi connectivity index (χ4v) is 2.85. The van der Waals surface area contributed by atoms with Gasteiger partial charge in [-0.3, -0.25) is 4.79 Å². The van der Waals surface area contributed by atoms with Crippen LogP contribution in [0, 0.1) is 11.8 Å². The Morgan fingerprint density at radius 2 is 1.95 bits per heavy atom. The molecule has 3 rings (SSSR count). The topological polar surface area (TPSA) is 55.8 Å². The third-order valence-corrected chi connectivity index (χ3v) is 4.01. The maximum Gasteiger partial charge on any atom is 0.306 e. The second-order valence-corrected chi connectivity index (χ2v) is 5.39. The van der Waals surface area contributed by atoms with Crippen LogP contribution in [0.3, 0.4) is 0 Å². The summed E-state index contributed by atoms with van der Waals surface area (Å²) in [7, 11) is 0. The van der Waals surface area contributed by atoms with Crippen LogP contribution in [0.1, 0.15) is 31.2 Å². The molecule has 0 amide bonds. The highest BCUT2D eigenvalue weighted by molar-refractivity contribution is 5.71. The molecule has 1 aliphatic carbocycles. The van der Waals surface area contributed by atoms with Crippen molar-refractivity contribution in [2.24, 2.45) is 11.8 Å². The van der Waals surface area contributed by atoms with Crippen LogP contribution >= 0.6 is 0 Å². The number of rotatable bonds is 4. The summed E-state index contributed by atoms with van der Waals surface area (Å²) in [5, 5.41) is 9.27. The van der Waals surface area contributed by atoms with Gasteiger partial charge in [0.2, 0.25) is 0 Å². The molecule has 1 heterocycles. The largest absolute Gasteiger partial charge is 0.486 e. The molecular weight excluding hydrogens is 244 g/mol. The van der Waals surface area contributed by atoms with Gasteiger partial charge in [0.1, 0.15) is 13.2 Å². The molecule has 4 heteroatoms. The van der Waals surface area contributed by atoms with Crippen LogP contribution in [0.15, 0.2) is 18.2 Å². The van der Waals surface area contributed by atoms with E-state index in [1.165, 1.54) is 0 Å². The van der Waals surface area contributed by atoms with Crippen molar-refractivity contribution in [2.75, 3.05) is 13.2 Å². The Morgan fingerprint density at radius 3 is 2.58 bits per heavy atom. The van der Waals surface area contributed by atoms with Crippen LogP contribution in [-0.2, 0) is 4.79 Å². The molecule has 1 fully saturated rings.